The Kier molecular flexibility index (Phi) is 23.7. The lowest BCUT2D eigenvalue weighted by atomic mass is 9.97. The van der Waals surface area contributed by atoms with E-state index < -0.39 is 35.2 Å². The van der Waals surface area contributed by atoms with Crippen molar-refractivity contribution in [1.82, 2.24) is 14.1 Å². The lowest BCUT2D eigenvalue weighted by molar-refractivity contribution is -0.145. The molecule has 4 aromatic carbocycles. The Balaban J connectivity index is 0.000000248. The zero-order chi connectivity index (χ0) is 60.1. The summed E-state index contributed by atoms with van der Waals surface area (Å²) in [6, 6.07) is 25.4. The fraction of sp³-hybridized carbons (Fsp3) is 0.383. The maximum atomic E-state index is 12.9. The minimum atomic E-state index is -0.639. The SMILES string of the molecule is CC(C)C(SC#N)C(=O)c1ccc(Cl)c(Cl)c1.COC(=O)C(CN)Cc1cccc2ccn(C(=O)OC(C)(C)C)c12.COC(=O)C(CNc1nc(-c2ccc(Cl)c(Cl)c2)c(C(C)C)s1)Cc1cccc2ccn(C(=O)OC(C)(C)C)c12. The minimum Gasteiger partial charge on any atom is -0.469 e. The van der Waals surface area contributed by atoms with Gasteiger partial charge < -0.3 is 30.0 Å². The quantitative estimate of drug-likeness (QED) is 0.0400. The summed E-state index contributed by atoms with van der Waals surface area (Å²) in [6.45, 7) is 19.4. The van der Waals surface area contributed by atoms with Crippen LogP contribution in [0.3, 0.4) is 0 Å². The number of benzene rings is 4. The number of carbonyl (C=O) groups excluding carboxylic acids is 5. The van der Waals surface area contributed by atoms with Gasteiger partial charge in [0.1, 0.15) is 16.6 Å². The van der Waals surface area contributed by atoms with Gasteiger partial charge >= 0.3 is 24.1 Å². The van der Waals surface area contributed by atoms with E-state index in [0.29, 0.717) is 55.7 Å². The number of methoxy groups -OCH3 is 2. The highest BCUT2D eigenvalue weighted by atomic mass is 35.5. The number of rotatable bonds is 16. The third-order valence-corrected chi connectivity index (χ3v) is 16.1. The van der Waals surface area contributed by atoms with E-state index in [-0.39, 0.29) is 41.4 Å². The number of thiazole rings is 1. The van der Waals surface area contributed by atoms with E-state index in [1.165, 1.54) is 34.7 Å². The minimum absolute atomic E-state index is 0.0848. The Morgan fingerprint density at radius 1 is 0.704 bits per heavy atom. The number of thiocyanates is 1. The van der Waals surface area contributed by atoms with Crippen LogP contribution in [-0.4, -0.2) is 87.8 Å². The van der Waals surface area contributed by atoms with Crippen LogP contribution in [-0.2, 0) is 41.4 Å². The molecule has 432 valence electrons. The Morgan fingerprint density at radius 3 is 1.64 bits per heavy atom. The van der Waals surface area contributed by atoms with Crippen molar-refractivity contribution in [3.8, 4) is 16.7 Å². The van der Waals surface area contributed by atoms with E-state index in [1.54, 1.807) is 36.7 Å². The third-order valence-electron chi connectivity index (χ3n) is 12.2. The van der Waals surface area contributed by atoms with Crippen molar-refractivity contribution in [2.75, 3.05) is 32.6 Å². The van der Waals surface area contributed by atoms with Crippen molar-refractivity contribution in [3.63, 3.8) is 0 Å². The average Bonchev–Trinajstić information content (AvgIpc) is 4.34. The van der Waals surface area contributed by atoms with Crippen LogP contribution in [0.2, 0.25) is 20.1 Å². The van der Waals surface area contributed by atoms with Gasteiger partial charge in [-0.3, -0.25) is 23.5 Å². The molecule has 3 N–H and O–H groups in total. The van der Waals surface area contributed by atoms with Gasteiger partial charge in [-0.05, 0) is 132 Å². The van der Waals surface area contributed by atoms with Crippen LogP contribution in [0, 0.1) is 28.4 Å². The van der Waals surface area contributed by atoms with Crippen LogP contribution in [0.4, 0.5) is 14.7 Å². The summed E-state index contributed by atoms with van der Waals surface area (Å²) in [6.07, 6.45) is 3.20. The average molecular weight is 1220 g/mol. The number of aromatic nitrogens is 3. The summed E-state index contributed by atoms with van der Waals surface area (Å²) >= 11 is 26.6. The number of nitrogens with one attached hydrogen (secondary N) is 1. The molecule has 3 aromatic heterocycles. The first-order valence-electron chi connectivity index (χ1n) is 25.9. The van der Waals surface area contributed by atoms with Crippen molar-refractivity contribution in [3.05, 3.63) is 139 Å². The number of halogens is 4. The molecule has 0 amide bonds. The van der Waals surface area contributed by atoms with Gasteiger partial charge in [0.05, 0.1) is 68.1 Å². The first-order chi connectivity index (χ1) is 38.1. The lowest BCUT2D eigenvalue weighted by Gasteiger charge is -2.21. The molecule has 0 radical (unpaired) electrons. The second-order valence-corrected chi connectivity index (χ2v) is 25.0. The summed E-state index contributed by atoms with van der Waals surface area (Å²) in [5, 5.41) is 17.8. The Labute approximate surface area is 501 Å². The predicted molar refractivity (Wildman–Crippen MR) is 327 cm³/mol. The molecule has 0 aliphatic heterocycles. The highest BCUT2D eigenvalue weighted by Gasteiger charge is 2.28. The molecule has 0 aliphatic rings. The molecular formula is C60H68Cl4N6O9S2. The van der Waals surface area contributed by atoms with Crippen molar-refractivity contribution in [2.24, 2.45) is 23.5 Å². The van der Waals surface area contributed by atoms with Crippen LogP contribution in [0.5, 0.6) is 0 Å². The fourth-order valence-corrected chi connectivity index (χ4v) is 10.6. The molecule has 81 heavy (non-hydrogen) atoms. The summed E-state index contributed by atoms with van der Waals surface area (Å²) in [4.78, 5) is 68.2. The number of hydrogen-bond donors (Lipinski definition) is 2. The Bertz CT molecular complexity index is 3410. The van der Waals surface area contributed by atoms with E-state index in [9.17, 15) is 24.0 Å². The number of anilines is 1. The zero-order valence-electron chi connectivity index (χ0n) is 47.3. The molecule has 0 fully saturated rings. The Hall–Kier alpha value is -6.10. The zero-order valence-corrected chi connectivity index (χ0v) is 52.0. The topological polar surface area (TPSA) is 207 Å². The molecule has 21 heteroatoms. The maximum Gasteiger partial charge on any atom is 0.418 e. The predicted octanol–water partition coefficient (Wildman–Crippen LogP) is 15.6. The van der Waals surface area contributed by atoms with E-state index in [0.717, 1.165) is 55.3 Å². The molecule has 0 saturated heterocycles. The van der Waals surface area contributed by atoms with Crippen molar-refractivity contribution < 1.29 is 42.9 Å². The summed E-state index contributed by atoms with van der Waals surface area (Å²) in [7, 11) is 2.72. The van der Waals surface area contributed by atoms with Gasteiger partial charge in [-0.2, -0.15) is 5.26 Å². The summed E-state index contributed by atoms with van der Waals surface area (Å²) in [5.41, 5.74) is 9.79. The van der Waals surface area contributed by atoms with Crippen molar-refractivity contribution >= 4 is 126 Å². The molecular weight excluding hydrogens is 1150 g/mol. The third kappa shape index (κ3) is 17.9. The summed E-state index contributed by atoms with van der Waals surface area (Å²) in [5.74, 6) is -1.48. The van der Waals surface area contributed by atoms with Crippen molar-refractivity contribution in [1.29, 1.82) is 5.26 Å². The van der Waals surface area contributed by atoms with Gasteiger partial charge in [0.2, 0.25) is 0 Å². The number of fused-ring (bicyclic) bond motifs is 2. The summed E-state index contributed by atoms with van der Waals surface area (Å²) < 4.78 is 24.0. The normalized spacial score (nSPS) is 12.6. The molecule has 0 saturated carbocycles. The molecule has 3 heterocycles. The van der Waals surface area contributed by atoms with Gasteiger partial charge in [0, 0.05) is 52.3 Å². The smallest absolute Gasteiger partial charge is 0.418 e. The number of ether oxygens (including phenoxy) is 4. The van der Waals surface area contributed by atoms with Crippen LogP contribution < -0.4 is 11.1 Å². The number of ketones is 1. The molecule has 3 atom stereocenters. The van der Waals surface area contributed by atoms with Gasteiger partial charge in [-0.15, -0.1) is 11.3 Å². The second kappa shape index (κ2) is 29.2. The highest BCUT2D eigenvalue weighted by molar-refractivity contribution is 8.05. The number of thioether (sulfide) groups is 1. The standard InChI is InChI=1S/C30H33Cl2N3O4S.C18H24N2O4.C12H11Cl2NOS/c1-17(2)26-24(19-10-11-22(31)23(32)15-19)34-28(40-26)33-16-21(27(36)38-6)14-20-9-7-8-18-12-13-35(25(18)20)29(37)39-30(3,4)5;1-18(2,3)24-17(22)20-9-8-12-6-5-7-13(15(12)20)10-14(11-19)16(21)23-4;1-7(2)12(17-6-15)11(16)8-3-4-9(13)10(14)5-8/h7-13,15,17,21H,14,16H2,1-6H3,(H,33,34);5-9,14H,10-11,19H2,1-4H3;3-5,7,12H,1-2H3. The molecule has 0 spiro atoms. The first-order valence-corrected chi connectivity index (χ1v) is 29.1. The molecule has 7 rings (SSSR count). The number of carbonyl (C=O) groups is 5. The van der Waals surface area contributed by atoms with Gasteiger partial charge in [-0.25, -0.2) is 14.6 Å². The van der Waals surface area contributed by atoms with E-state index in [2.05, 4.69) is 19.2 Å². The van der Waals surface area contributed by atoms with Crippen LogP contribution in [0.25, 0.3) is 33.1 Å². The second-order valence-electron chi connectivity index (χ2n) is 21.4. The number of nitriles is 1. The number of para-hydroxylation sites is 2. The van der Waals surface area contributed by atoms with Gasteiger partial charge in [0.25, 0.3) is 0 Å². The number of Topliss-reactive ketones (excluding diaryl/α,β-unsaturated/α-hetero) is 1. The lowest BCUT2D eigenvalue weighted by Crippen LogP contribution is -2.28. The maximum absolute atomic E-state index is 12.9. The molecule has 7 aromatic rings. The number of nitrogens with zero attached hydrogens (tertiary/aromatic N) is 4. The van der Waals surface area contributed by atoms with E-state index in [4.69, 9.17) is 81.3 Å². The molecule has 0 aliphatic carbocycles. The molecule has 3 unspecified atom stereocenters. The molecule has 0 bridgehead atoms. The van der Waals surface area contributed by atoms with Crippen LogP contribution in [0.15, 0.2) is 97.3 Å². The Morgan fingerprint density at radius 2 is 1.20 bits per heavy atom. The molecule has 15 nitrogen and oxygen atoms in total. The monoisotopic (exact) mass is 1220 g/mol. The van der Waals surface area contributed by atoms with Gasteiger partial charge in [0.15, 0.2) is 10.9 Å². The van der Waals surface area contributed by atoms with E-state index >= 15 is 0 Å². The van der Waals surface area contributed by atoms with Crippen LogP contribution in [0.1, 0.15) is 102 Å². The number of esters is 2. The highest BCUT2D eigenvalue weighted by Crippen LogP contribution is 2.39. The fourth-order valence-electron chi connectivity index (χ4n) is 8.38. The number of nitrogens with two attached hydrogens (primary N) is 1. The van der Waals surface area contributed by atoms with E-state index in [1.807, 2.05) is 121 Å². The largest absolute Gasteiger partial charge is 0.469 e. The van der Waals surface area contributed by atoms with Crippen molar-refractivity contribution in [2.45, 2.75) is 104 Å². The first kappa shape index (κ1) is 65.7. The van der Waals surface area contributed by atoms with Crippen LogP contribution >= 0.6 is 69.5 Å². The van der Waals surface area contributed by atoms with Gasteiger partial charge in [-0.1, -0.05) is 117 Å². The number of hydrogen-bond acceptors (Lipinski definition) is 15.